The summed E-state index contributed by atoms with van der Waals surface area (Å²) in [4.78, 5) is 16.9. The van der Waals surface area contributed by atoms with Crippen LogP contribution >= 0.6 is 0 Å². The molecule has 0 aromatic carbocycles. The van der Waals surface area contributed by atoms with E-state index in [1.165, 1.54) is 11.3 Å². The minimum Gasteiger partial charge on any atom is -0.468 e. The maximum absolute atomic E-state index is 12.7. The second-order valence-corrected chi connectivity index (χ2v) is 6.91. The summed E-state index contributed by atoms with van der Waals surface area (Å²) in [7, 11) is 1.97. The Kier molecular flexibility index (Phi) is 4.48. The molecular formula is C18H25N5O2. The van der Waals surface area contributed by atoms with Crippen molar-refractivity contribution in [3.05, 3.63) is 41.6 Å². The predicted octanol–water partition coefficient (Wildman–Crippen LogP) is 1.92. The van der Waals surface area contributed by atoms with Crippen molar-refractivity contribution in [1.82, 2.24) is 24.9 Å². The number of piperazine rings is 1. The number of nitrogens with zero attached hydrogens (tertiary/aromatic N) is 4. The topological polar surface area (TPSA) is 66.5 Å². The molecule has 1 aliphatic carbocycles. The lowest BCUT2D eigenvalue weighted by atomic mass is 9.93. The fraction of sp³-hybridized carbons (Fsp3) is 0.556. The first-order chi connectivity index (χ1) is 12.2. The van der Waals surface area contributed by atoms with Crippen LogP contribution in [0, 0.1) is 0 Å². The van der Waals surface area contributed by atoms with Crippen LogP contribution in [0.1, 0.15) is 35.9 Å². The van der Waals surface area contributed by atoms with Crippen molar-refractivity contribution >= 4 is 6.03 Å². The number of rotatable bonds is 3. The summed E-state index contributed by atoms with van der Waals surface area (Å²) in [5, 5.41) is 7.56. The van der Waals surface area contributed by atoms with Crippen LogP contribution in [0.2, 0.25) is 0 Å². The van der Waals surface area contributed by atoms with Gasteiger partial charge in [0.15, 0.2) is 0 Å². The molecule has 2 aliphatic rings. The zero-order chi connectivity index (χ0) is 17.2. The summed E-state index contributed by atoms with van der Waals surface area (Å²) >= 11 is 0. The molecule has 2 amide bonds. The molecule has 7 heteroatoms. The molecule has 0 saturated carbocycles. The van der Waals surface area contributed by atoms with E-state index >= 15 is 0 Å². The molecule has 7 nitrogen and oxygen atoms in total. The molecule has 2 aromatic rings. The van der Waals surface area contributed by atoms with Gasteiger partial charge >= 0.3 is 6.03 Å². The van der Waals surface area contributed by atoms with E-state index in [1.807, 2.05) is 35.0 Å². The Balaban J connectivity index is 1.31. The van der Waals surface area contributed by atoms with Crippen LogP contribution in [0.25, 0.3) is 0 Å². The van der Waals surface area contributed by atoms with Crippen LogP contribution in [-0.2, 0) is 20.0 Å². The maximum atomic E-state index is 12.7. The number of carbonyl (C=O) groups is 1. The van der Waals surface area contributed by atoms with Crippen LogP contribution < -0.4 is 5.32 Å². The summed E-state index contributed by atoms with van der Waals surface area (Å²) in [6.07, 6.45) is 6.73. The molecule has 0 unspecified atom stereocenters. The zero-order valence-corrected chi connectivity index (χ0v) is 14.6. The normalized spacial score (nSPS) is 21.2. The molecule has 1 atom stereocenters. The van der Waals surface area contributed by atoms with E-state index in [-0.39, 0.29) is 12.1 Å². The smallest absolute Gasteiger partial charge is 0.317 e. The highest BCUT2D eigenvalue weighted by Crippen LogP contribution is 2.29. The first-order valence-electron chi connectivity index (χ1n) is 9.01. The molecule has 0 spiro atoms. The fourth-order valence-electron chi connectivity index (χ4n) is 3.83. The number of carbonyl (C=O) groups excluding carboxylic acids is 1. The summed E-state index contributed by atoms with van der Waals surface area (Å²) in [5.74, 6) is 0.976. The number of aromatic nitrogens is 2. The Morgan fingerprint density at radius 3 is 2.96 bits per heavy atom. The van der Waals surface area contributed by atoms with Crippen molar-refractivity contribution in [2.45, 2.75) is 31.8 Å². The summed E-state index contributed by atoms with van der Waals surface area (Å²) in [6.45, 7) is 4.05. The molecule has 134 valence electrons. The first-order valence-corrected chi connectivity index (χ1v) is 9.01. The van der Waals surface area contributed by atoms with Gasteiger partial charge in [0.1, 0.15) is 5.76 Å². The second kappa shape index (κ2) is 6.92. The Hall–Kier alpha value is -2.28. The highest BCUT2D eigenvalue weighted by atomic mass is 16.3. The quantitative estimate of drug-likeness (QED) is 0.925. The molecule has 4 rings (SSSR count). The lowest BCUT2D eigenvalue weighted by Gasteiger charge is -2.35. The number of urea groups is 1. The average molecular weight is 343 g/mol. The van der Waals surface area contributed by atoms with Crippen LogP contribution in [-0.4, -0.2) is 51.8 Å². The SMILES string of the molecule is Cn1ncc2c1CCC[C@H]2NC(=O)N1CCN(Cc2ccco2)CC1. The van der Waals surface area contributed by atoms with Gasteiger partial charge in [-0.05, 0) is 31.4 Å². The number of fused-ring (bicyclic) bond motifs is 1. The number of hydrogen-bond acceptors (Lipinski definition) is 4. The fourth-order valence-corrected chi connectivity index (χ4v) is 3.83. The van der Waals surface area contributed by atoms with Gasteiger partial charge in [-0.15, -0.1) is 0 Å². The van der Waals surface area contributed by atoms with Gasteiger partial charge in [-0.25, -0.2) is 4.79 Å². The van der Waals surface area contributed by atoms with Crippen LogP contribution in [0.4, 0.5) is 4.79 Å². The summed E-state index contributed by atoms with van der Waals surface area (Å²) < 4.78 is 7.34. The van der Waals surface area contributed by atoms with Crippen LogP contribution in [0.15, 0.2) is 29.0 Å². The third-order valence-corrected chi connectivity index (χ3v) is 5.29. The van der Waals surface area contributed by atoms with Gasteiger partial charge in [-0.2, -0.15) is 5.10 Å². The lowest BCUT2D eigenvalue weighted by Crippen LogP contribution is -2.52. The molecule has 3 heterocycles. The highest BCUT2D eigenvalue weighted by molar-refractivity contribution is 5.75. The zero-order valence-electron chi connectivity index (χ0n) is 14.6. The molecule has 25 heavy (non-hydrogen) atoms. The van der Waals surface area contributed by atoms with E-state index < -0.39 is 0 Å². The van der Waals surface area contributed by atoms with Gasteiger partial charge in [0.25, 0.3) is 0 Å². The minimum absolute atomic E-state index is 0.0411. The van der Waals surface area contributed by atoms with E-state index in [4.69, 9.17) is 4.42 Å². The molecular weight excluding hydrogens is 318 g/mol. The largest absolute Gasteiger partial charge is 0.468 e. The number of nitrogens with one attached hydrogen (secondary N) is 1. The molecule has 1 fully saturated rings. The van der Waals surface area contributed by atoms with E-state index in [0.717, 1.165) is 57.7 Å². The van der Waals surface area contributed by atoms with Crippen LogP contribution in [0.5, 0.6) is 0 Å². The molecule has 0 bridgehead atoms. The second-order valence-electron chi connectivity index (χ2n) is 6.91. The maximum Gasteiger partial charge on any atom is 0.317 e. The monoisotopic (exact) mass is 343 g/mol. The third-order valence-electron chi connectivity index (χ3n) is 5.29. The van der Waals surface area contributed by atoms with Crippen molar-refractivity contribution < 1.29 is 9.21 Å². The predicted molar refractivity (Wildman–Crippen MR) is 93.0 cm³/mol. The third kappa shape index (κ3) is 3.42. The van der Waals surface area contributed by atoms with Gasteiger partial charge in [0, 0.05) is 44.5 Å². The van der Waals surface area contributed by atoms with Crippen LogP contribution in [0.3, 0.4) is 0 Å². The summed E-state index contributed by atoms with van der Waals surface area (Å²) in [5.41, 5.74) is 2.43. The van der Waals surface area contributed by atoms with Gasteiger partial charge in [0.05, 0.1) is 25.0 Å². The Morgan fingerprint density at radius 1 is 1.36 bits per heavy atom. The lowest BCUT2D eigenvalue weighted by molar-refractivity contribution is 0.128. The van der Waals surface area contributed by atoms with Crippen molar-refractivity contribution in [2.24, 2.45) is 7.05 Å². The Morgan fingerprint density at radius 2 is 2.20 bits per heavy atom. The first kappa shape index (κ1) is 16.2. The number of amides is 2. The standard InChI is InChI=1S/C18H25N5O2/c1-21-17-6-2-5-16(15(17)12-19-21)20-18(24)23-9-7-22(8-10-23)13-14-4-3-11-25-14/h3-4,11-12,16H,2,5-10,13H2,1H3,(H,20,24)/t16-/m1/s1. The Labute approximate surface area is 147 Å². The highest BCUT2D eigenvalue weighted by Gasteiger charge is 2.28. The number of aryl methyl sites for hydroxylation is 1. The van der Waals surface area contributed by atoms with Crippen molar-refractivity contribution in [2.75, 3.05) is 26.2 Å². The van der Waals surface area contributed by atoms with E-state index in [0.29, 0.717) is 0 Å². The molecule has 1 aliphatic heterocycles. The van der Waals surface area contributed by atoms with Crippen molar-refractivity contribution in [3.8, 4) is 0 Å². The van der Waals surface area contributed by atoms with Crippen molar-refractivity contribution in [3.63, 3.8) is 0 Å². The number of hydrogen-bond donors (Lipinski definition) is 1. The van der Waals surface area contributed by atoms with Gasteiger partial charge < -0.3 is 14.6 Å². The minimum atomic E-state index is 0.0411. The van der Waals surface area contributed by atoms with Gasteiger partial charge in [-0.1, -0.05) is 0 Å². The average Bonchev–Trinajstić information content (AvgIpc) is 3.26. The molecule has 1 N–H and O–H groups in total. The number of furan rings is 1. The Bertz CT molecular complexity index is 716. The summed E-state index contributed by atoms with van der Waals surface area (Å²) in [6, 6.07) is 4.04. The molecule has 2 aromatic heterocycles. The van der Waals surface area contributed by atoms with Gasteiger partial charge in [-0.3, -0.25) is 9.58 Å². The van der Waals surface area contributed by atoms with E-state index in [9.17, 15) is 4.79 Å². The van der Waals surface area contributed by atoms with E-state index in [2.05, 4.69) is 15.3 Å². The molecule has 0 radical (unpaired) electrons. The van der Waals surface area contributed by atoms with Crippen molar-refractivity contribution in [1.29, 1.82) is 0 Å². The van der Waals surface area contributed by atoms with Gasteiger partial charge in [0.2, 0.25) is 0 Å². The van der Waals surface area contributed by atoms with E-state index in [1.54, 1.807) is 6.26 Å². The molecule has 1 saturated heterocycles.